The molecule has 0 radical (unpaired) electrons. The predicted octanol–water partition coefficient (Wildman–Crippen LogP) is 6.50. The molecule has 2 fully saturated rings. The number of halogens is 1. The molecule has 5 rings (SSSR count). The number of para-hydroxylation sites is 1. The van der Waals surface area contributed by atoms with Crippen LogP contribution in [0.2, 0.25) is 0 Å². The Labute approximate surface area is 175 Å². The predicted molar refractivity (Wildman–Crippen MR) is 113 cm³/mol. The van der Waals surface area contributed by atoms with Crippen molar-refractivity contribution >= 4 is 5.97 Å². The topological polar surface area (TPSA) is 46.5 Å². The lowest BCUT2D eigenvalue weighted by Gasteiger charge is -2.36. The van der Waals surface area contributed by atoms with Crippen molar-refractivity contribution in [2.45, 2.75) is 25.2 Å². The van der Waals surface area contributed by atoms with E-state index in [0.717, 1.165) is 24.8 Å². The summed E-state index contributed by atoms with van der Waals surface area (Å²) < 4.78 is 20.3. The van der Waals surface area contributed by atoms with E-state index in [4.69, 9.17) is 9.84 Å². The maximum Gasteiger partial charge on any atom is 0.306 e. The average molecular weight is 402 g/mol. The Balaban J connectivity index is 1.27. The number of hydrogen-bond donors (Lipinski definition) is 1. The fraction of sp³-hybridized carbons (Fsp3) is 0.269. The number of benzene rings is 3. The molecule has 3 aromatic rings. The molecule has 1 unspecified atom stereocenters. The molecule has 0 bridgehead atoms. The van der Waals surface area contributed by atoms with Crippen LogP contribution in [0.3, 0.4) is 0 Å². The minimum Gasteiger partial charge on any atom is -0.481 e. The minimum absolute atomic E-state index is 0.119. The molecule has 2 atom stereocenters. The summed E-state index contributed by atoms with van der Waals surface area (Å²) in [5.74, 6) is 1.67. The molecule has 0 saturated heterocycles. The monoisotopic (exact) mass is 402 g/mol. The number of ether oxygens (including phenoxy) is 1. The molecule has 2 saturated carbocycles. The van der Waals surface area contributed by atoms with E-state index in [-0.39, 0.29) is 11.7 Å². The molecule has 1 N–H and O–H groups in total. The molecule has 3 aromatic carbocycles. The van der Waals surface area contributed by atoms with E-state index >= 15 is 0 Å². The summed E-state index contributed by atoms with van der Waals surface area (Å²) in [6, 6.07) is 22.3. The number of hydrogen-bond acceptors (Lipinski definition) is 2. The lowest BCUT2D eigenvalue weighted by molar-refractivity contribution is -0.139. The van der Waals surface area contributed by atoms with E-state index < -0.39 is 5.97 Å². The van der Waals surface area contributed by atoms with Crippen LogP contribution in [-0.2, 0) is 4.79 Å². The van der Waals surface area contributed by atoms with Crippen molar-refractivity contribution in [1.82, 2.24) is 0 Å². The van der Waals surface area contributed by atoms with Crippen molar-refractivity contribution in [1.29, 1.82) is 0 Å². The highest BCUT2D eigenvalue weighted by Gasteiger charge is 2.51. The highest BCUT2D eigenvalue weighted by atomic mass is 19.1. The van der Waals surface area contributed by atoms with Crippen LogP contribution in [0.5, 0.6) is 11.5 Å². The van der Waals surface area contributed by atoms with Crippen LogP contribution < -0.4 is 4.74 Å². The maximum atomic E-state index is 14.5. The third-order valence-electron chi connectivity index (χ3n) is 6.55. The van der Waals surface area contributed by atoms with Crippen LogP contribution in [0.4, 0.5) is 4.39 Å². The maximum absolute atomic E-state index is 14.5. The van der Waals surface area contributed by atoms with Gasteiger partial charge in [-0.25, -0.2) is 4.39 Å². The number of aliphatic carboxylic acids is 1. The third kappa shape index (κ3) is 3.70. The van der Waals surface area contributed by atoms with Gasteiger partial charge in [0, 0.05) is 5.56 Å². The highest BCUT2D eigenvalue weighted by molar-refractivity contribution is 5.73. The summed E-state index contributed by atoms with van der Waals surface area (Å²) in [6.07, 6.45) is 2.96. The van der Waals surface area contributed by atoms with E-state index in [9.17, 15) is 9.18 Å². The van der Waals surface area contributed by atoms with Gasteiger partial charge >= 0.3 is 5.97 Å². The molecule has 3 nitrogen and oxygen atoms in total. The molecule has 2 aliphatic carbocycles. The normalized spacial score (nSPS) is 24.7. The van der Waals surface area contributed by atoms with Gasteiger partial charge < -0.3 is 9.84 Å². The van der Waals surface area contributed by atoms with Crippen molar-refractivity contribution in [2.75, 3.05) is 0 Å². The first-order valence-corrected chi connectivity index (χ1v) is 10.4. The molecule has 0 aliphatic heterocycles. The Morgan fingerprint density at radius 3 is 2.30 bits per heavy atom. The van der Waals surface area contributed by atoms with Crippen LogP contribution in [0.1, 0.15) is 30.7 Å². The van der Waals surface area contributed by atoms with Gasteiger partial charge in [-0.1, -0.05) is 42.5 Å². The first-order chi connectivity index (χ1) is 14.6. The van der Waals surface area contributed by atoms with Crippen molar-refractivity contribution in [3.8, 4) is 22.6 Å². The highest BCUT2D eigenvalue weighted by Crippen LogP contribution is 2.56. The molecule has 0 amide bonds. The zero-order chi connectivity index (χ0) is 20.7. The molecular weight excluding hydrogens is 379 g/mol. The van der Waals surface area contributed by atoms with Gasteiger partial charge in [-0.3, -0.25) is 4.79 Å². The van der Waals surface area contributed by atoms with Gasteiger partial charge in [-0.05, 0) is 78.5 Å². The van der Waals surface area contributed by atoms with E-state index in [1.54, 1.807) is 12.1 Å². The lowest BCUT2D eigenvalue weighted by atomic mass is 9.69. The van der Waals surface area contributed by atoms with Gasteiger partial charge in [0.2, 0.25) is 0 Å². The number of carbonyl (C=O) groups is 1. The van der Waals surface area contributed by atoms with Crippen molar-refractivity contribution in [2.24, 2.45) is 17.8 Å². The Hall–Kier alpha value is -3.14. The standard InChI is InChI=1S/C26H23FO3/c27-25-11-10-21(30-20-4-2-1-3-5-20)14-23(25)17-8-6-16(7-9-17)18-12-19(13-18)22-15-24(22)26(28)29/h1-11,14,18-19,22,24H,12-13,15H2,(H,28,29)/t18?,19?,22?,24-/m0/s1. The van der Waals surface area contributed by atoms with E-state index in [2.05, 4.69) is 12.1 Å². The van der Waals surface area contributed by atoms with Crippen molar-refractivity contribution in [3.63, 3.8) is 0 Å². The average Bonchev–Trinajstić information content (AvgIpc) is 3.51. The van der Waals surface area contributed by atoms with Gasteiger partial charge in [0.25, 0.3) is 0 Å². The molecule has 4 heteroatoms. The SMILES string of the molecule is O=C(O)[C@H]1CC1C1CC(c2ccc(-c3cc(Oc4ccccc4)ccc3F)cc2)C1. The molecule has 2 aliphatic rings. The van der Waals surface area contributed by atoms with Gasteiger partial charge in [-0.2, -0.15) is 0 Å². The molecule has 0 heterocycles. The summed E-state index contributed by atoms with van der Waals surface area (Å²) in [7, 11) is 0. The summed E-state index contributed by atoms with van der Waals surface area (Å²) in [4.78, 5) is 11.1. The second-order valence-corrected chi connectivity index (χ2v) is 8.45. The van der Waals surface area contributed by atoms with Gasteiger partial charge in [-0.15, -0.1) is 0 Å². The summed E-state index contributed by atoms with van der Waals surface area (Å²) in [5, 5.41) is 9.10. The van der Waals surface area contributed by atoms with Gasteiger partial charge in [0.15, 0.2) is 0 Å². The second-order valence-electron chi connectivity index (χ2n) is 8.45. The fourth-order valence-electron chi connectivity index (χ4n) is 4.65. The van der Waals surface area contributed by atoms with Gasteiger partial charge in [0.05, 0.1) is 5.92 Å². The Morgan fingerprint density at radius 1 is 0.900 bits per heavy atom. The zero-order valence-corrected chi connectivity index (χ0v) is 16.5. The van der Waals surface area contributed by atoms with Crippen LogP contribution in [0.15, 0.2) is 72.8 Å². The van der Waals surface area contributed by atoms with Gasteiger partial charge in [0.1, 0.15) is 17.3 Å². The molecule has 30 heavy (non-hydrogen) atoms. The first-order valence-electron chi connectivity index (χ1n) is 10.4. The smallest absolute Gasteiger partial charge is 0.306 e. The lowest BCUT2D eigenvalue weighted by Crippen LogP contribution is -2.24. The van der Waals surface area contributed by atoms with E-state index in [1.807, 2.05) is 42.5 Å². The Bertz CT molecular complexity index is 1060. The summed E-state index contributed by atoms with van der Waals surface area (Å²) in [6.45, 7) is 0. The third-order valence-corrected chi connectivity index (χ3v) is 6.55. The number of carboxylic acid groups (broad SMARTS) is 1. The first kappa shape index (κ1) is 18.9. The van der Waals surface area contributed by atoms with Crippen LogP contribution in [0.25, 0.3) is 11.1 Å². The minimum atomic E-state index is -0.645. The second kappa shape index (κ2) is 7.60. The number of carboxylic acids is 1. The van der Waals surface area contributed by atoms with E-state index in [0.29, 0.717) is 34.8 Å². The fourth-order valence-corrected chi connectivity index (χ4v) is 4.65. The van der Waals surface area contributed by atoms with Crippen molar-refractivity contribution in [3.05, 3.63) is 84.2 Å². The van der Waals surface area contributed by atoms with E-state index in [1.165, 1.54) is 11.6 Å². The largest absolute Gasteiger partial charge is 0.481 e. The van der Waals surface area contributed by atoms with Crippen LogP contribution in [0, 0.1) is 23.6 Å². The molecule has 152 valence electrons. The summed E-state index contributed by atoms with van der Waals surface area (Å²) in [5.41, 5.74) is 2.59. The Morgan fingerprint density at radius 2 is 1.63 bits per heavy atom. The van der Waals surface area contributed by atoms with Crippen LogP contribution in [-0.4, -0.2) is 11.1 Å². The molecular formula is C26H23FO3. The summed E-state index contributed by atoms with van der Waals surface area (Å²) >= 11 is 0. The zero-order valence-electron chi connectivity index (χ0n) is 16.5. The number of rotatable bonds is 6. The molecule has 0 aromatic heterocycles. The van der Waals surface area contributed by atoms with Crippen LogP contribution >= 0.6 is 0 Å². The van der Waals surface area contributed by atoms with Crippen molar-refractivity contribution < 1.29 is 19.0 Å². The quantitative estimate of drug-likeness (QED) is 0.512. The Kier molecular flexibility index (Phi) is 4.78. The molecule has 0 spiro atoms.